The van der Waals surface area contributed by atoms with Crippen molar-refractivity contribution < 1.29 is 9.90 Å². The lowest BCUT2D eigenvalue weighted by Gasteiger charge is -2.09. The molecule has 0 aliphatic heterocycles. The van der Waals surface area contributed by atoms with Crippen molar-refractivity contribution in [2.45, 2.75) is 32.7 Å². The number of hydrogen-bond donors (Lipinski definition) is 1. The number of rotatable bonds is 6. The number of carboxylic acid groups (broad SMARTS) is 1. The molecular weight excluding hydrogens is 270 g/mol. The molecule has 21 heavy (non-hydrogen) atoms. The molecule has 2 aromatic heterocycles. The largest absolute Gasteiger partial charge is 0.481 e. The molecule has 0 atom stereocenters. The molecule has 0 bridgehead atoms. The molecule has 6 heteroatoms. The molecule has 0 aliphatic carbocycles. The number of aliphatic carboxylic acids is 1. The van der Waals surface area contributed by atoms with Gasteiger partial charge in [0.25, 0.3) is 5.56 Å². The highest BCUT2D eigenvalue weighted by Gasteiger charge is 2.13. The van der Waals surface area contributed by atoms with Crippen LogP contribution in [-0.2, 0) is 17.8 Å². The van der Waals surface area contributed by atoms with Gasteiger partial charge in [0.1, 0.15) is 5.69 Å². The van der Waals surface area contributed by atoms with E-state index in [4.69, 9.17) is 5.11 Å². The molecule has 2 aromatic rings. The van der Waals surface area contributed by atoms with Crippen molar-refractivity contribution in [2.24, 2.45) is 0 Å². The quantitative estimate of drug-likeness (QED) is 0.874. The Morgan fingerprint density at radius 3 is 2.76 bits per heavy atom. The number of aryl methyl sites for hydroxylation is 1. The van der Waals surface area contributed by atoms with E-state index in [1.165, 1.54) is 10.7 Å². The smallest absolute Gasteiger partial charge is 0.308 e. The van der Waals surface area contributed by atoms with Crippen molar-refractivity contribution in [1.29, 1.82) is 0 Å². The molecule has 6 nitrogen and oxygen atoms in total. The van der Waals surface area contributed by atoms with Crippen LogP contribution in [0, 0.1) is 0 Å². The van der Waals surface area contributed by atoms with Gasteiger partial charge in [0.2, 0.25) is 0 Å². The fourth-order valence-electron chi connectivity index (χ4n) is 1.99. The molecular formula is C15H17N3O3. The summed E-state index contributed by atoms with van der Waals surface area (Å²) in [5.41, 5.74) is 1.02. The molecule has 2 heterocycles. The second-order valence-corrected chi connectivity index (χ2v) is 4.72. The Balaban J connectivity index is 2.50. The molecule has 0 aliphatic rings. The summed E-state index contributed by atoms with van der Waals surface area (Å²) in [5, 5.41) is 13.2. The van der Waals surface area contributed by atoms with Crippen LogP contribution >= 0.6 is 0 Å². The van der Waals surface area contributed by atoms with E-state index in [9.17, 15) is 9.59 Å². The first-order valence-electron chi connectivity index (χ1n) is 6.86. The van der Waals surface area contributed by atoms with Gasteiger partial charge in [-0.15, -0.1) is 0 Å². The van der Waals surface area contributed by atoms with E-state index in [1.54, 1.807) is 18.3 Å². The van der Waals surface area contributed by atoms with Crippen LogP contribution in [0.25, 0.3) is 11.4 Å². The fourth-order valence-corrected chi connectivity index (χ4v) is 1.99. The first-order chi connectivity index (χ1) is 10.1. The normalized spacial score (nSPS) is 10.5. The van der Waals surface area contributed by atoms with Gasteiger partial charge in [-0.25, -0.2) is 4.68 Å². The summed E-state index contributed by atoms with van der Waals surface area (Å²) in [4.78, 5) is 27.3. The number of aromatic nitrogens is 3. The van der Waals surface area contributed by atoms with Gasteiger partial charge in [0.05, 0.1) is 12.1 Å². The molecule has 110 valence electrons. The van der Waals surface area contributed by atoms with Gasteiger partial charge in [0, 0.05) is 18.3 Å². The van der Waals surface area contributed by atoms with E-state index in [-0.39, 0.29) is 17.5 Å². The lowest BCUT2D eigenvalue weighted by molar-refractivity contribution is -0.136. The minimum atomic E-state index is -1.03. The molecule has 1 N–H and O–H groups in total. The number of nitrogens with zero attached hydrogens (tertiary/aromatic N) is 3. The molecule has 0 fully saturated rings. The lowest BCUT2D eigenvalue weighted by atomic mass is 10.1. The second kappa shape index (κ2) is 6.78. The minimum absolute atomic E-state index is 0.231. The summed E-state index contributed by atoms with van der Waals surface area (Å²) in [6, 6.07) is 6.90. The summed E-state index contributed by atoms with van der Waals surface area (Å²) in [6.45, 7) is 2.49. The Morgan fingerprint density at radius 2 is 2.14 bits per heavy atom. The Hall–Kier alpha value is -2.50. The van der Waals surface area contributed by atoms with Crippen molar-refractivity contribution in [3.8, 4) is 11.4 Å². The molecule has 0 spiro atoms. The summed E-state index contributed by atoms with van der Waals surface area (Å²) < 4.78 is 1.34. The van der Waals surface area contributed by atoms with Crippen molar-refractivity contribution in [3.63, 3.8) is 0 Å². The monoisotopic (exact) mass is 287 g/mol. The van der Waals surface area contributed by atoms with E-state index in [2.05, 4.69) is 10.1 Å². The van der Waals surface area contributed by atoms with Crippen molar-refractivity contribution >= 4 is 5.97 Å². The number of unbranched alkanes of at least 4 members (excludes halogenated alkanes) is 1. The van der Waals surface area contributed by atoms with Gasteiger partial charge in [-0.3, -0.25) is 14.6 Å². The van der Waals surface area contributed by atoms with Crippen molar-refractivity contribution in [2.75, 3.05) is 0 Å². The van der Waals surface area contributed by atoms with Gasteiger partial charge in [-0.1, -0.05) is 19.4 Å². The van der Waals surface area contributed by atoms with Crippen molar-refractivity contribution in [3.05, 3.63) is 46.4 Å². The van der Waals surface area contributed by atoms with Gasteiger partial charge < -0.3 is 5.11 Å². The standard InChI is InChI=1S/C15H17N3O3/c1-2-3-8-18-15(21)11(10-14(19)20)9-13(17-18)12-6-4-5-7-16-12/h4-7,9H,2-3,8,10H2,1H3,(H,19,20). The van der Waals surface area contributed by atoms with Crippen LogP contribution in [0.3, 0.4) is 0 Å². The fraction of sp³-hybridized carbons (Fsp3) is 0.333. The SMILES string of the molecule is CCCCn1nc(-c2ccccn2)cc(CC(=O)O)c1=O. The molecule has 0 aromatic carbocycles. The third-order valence-electron chi connectivity index (χ3n) is 3.04. The predicted molar refractivity (Wildman–Crippen MR) is 78.0 cm³/mol. The predicted octanol–water partition coefficient (Wildman–Crippen LogP) is 1.73. The number of carboxylic acids is 1. The summed E-state index contributed by atoms with van der Waals surface area (Å²) in [6.07, 6.45) is 3.06. The van der Waals surface area contributed by atoms with Crippen LogP contribution in [0.15, 0.2) is 35.3 Å². The van der Waals surface area contributed by atoms with Crippen LogP contribution < -0.4 is 5.56 Å². The van der Waals surface area contributed by atoms with Gasteiger partial charge in [0.15, 0.2) is 0 Å². The number of hydrogen-bond acceptors (Lipinski definition) is 4. The lowest BCUT2D eigenvalue weighted by Crippen LogP contribution is -2.28. The molecule has 0 unspecified atom stereocenters. The minimum Gasteiger partial charge on any atom is -0.481 e. The first kappa shape index (κ1) is 14.9. The Kier molecular flexibility index (Phi) is 4.81. The number of pyridine rings is 1. The summed E-state index contributed by atoms with van der Waals surface area (Å²) >= 11 is 0. The van der Waals surface area contributed by atoms with E-state index >= 15 is 0 Å². The molecule has 2 rings (SSSR count). The van der Waals surface area contributed by atoms with Crippen LogP contribution in [0.5, 0.6) is 0 Å². The van der Waals surface area contributed by atoms with E-state index in [0.717, 1.165) is 12.8 Å². The average Bonchev–Trinajstić information content (AvgIpc) is 2.48. The molecule has 0 saturated carbocycles. The number of carbonyl (C=O) groups is 1. The van der Waals surface area contributed by atoms with Crippen LogP contribution in [0.2, 0.25) is 0 Å². The highest BCUT2D eigenvalue weighted by atomic mass is 16.4. The highest BCUT2D eigenvalue weighted by molar-refractivity contribution is 5.70. The van der Waals surface area contributed by atoms with Crippen LogP contribution in [0.1, 0.15) is 25.3 Å². The summed E-state index contributed by atoms with van der Waals surface area (Å²) in [5.74, 6) is -1.03. The first-order valence-corrected chi connectivity index (χ1v) is 6.86. The van der Waals surface area contributed by atoms with E-state index in [0.29, 0.717) is 17.9 Å². The van der Waals surface area contributed by atoms with Crippen LogP contribution in [-0.4, -0.2) is 25.8 Å². The Morgan fingerprint density at radius 1 is 1.33 bits per heavy atom. The molecule has 0 amide bonds. The maximum absolute atomic E-state index is 12.2. The zero-order valence-corrected chi connectivity index (χ0v) is 11.8. The second-order valence-electron chi connectivity index (χ2n) is 4.72. The van der Waals surface area contributed by atoms with Gasteiger partial charge in [-0.2, -0.15) is 5.10 Å². The average molecular weight is 287 g/mol. The van der Waals surface area contributed by atoms with E-state index in [1.807, 2.05) is 13.0 Å². The topological polar surface area (TPSA) is 85.1 Å². The van der Waals surface area contributed by atoms with E-state index < -0.39 is 5.97 Å². The van der Waals surface area contributed by atoms with Crippen LogP contribution in [0.4, 0.5) is 0 Å². The zero-order valence-electron chi connectivity index (χ0n) is 11.8. The third-order valence-corrected chi connectivity index (χ3v) is 3.04. The maximum atomic E-state index is 12.2. The molecule has 0 radical (unpaired) electrons. The Bertz CT molecular complexity index is 680. The van der Waals surface area contributed by atoms with Gasteiger partial charge in [-0.05, 0) is 24.6 Å². The molecule has 0 saturated heterocycles. The van der Waals surface area contributed by atoms with Gasteiger partial charge >= 0.3 is 5.97 Å². The third kappa shape index (κ3) is 3.75. The Labute approximate surface area is 122 Å². The zero-order chi connectivity index (χ0) is 15.2. The highest BCUT2D eigenvalue weighted by Crippen LogP contribution is 2.13. The van der Waals surface area contributed by atoms with Crippen molar-refractivity contribution in [1.82, 2.24) is 14.8 Å². The summed E-state index contributed by atoms with van der Waals surface area (Å²) in [7, 11) is 0. The maximum Gasteiger partial charge on any atom is 0.308 e.